The van der Waals surface area contributed by atoms with Crippen molar-refractivity contribution in [3.8, 4) is 0 Å². The molecule has 0 spiro atoms. The van der Waals surface area contributed by atoms with Gasteiger partial charge < -0.3 is 10.0 Å². The largest absolute Gasteiger partial charge is 0.490 e. The van der Waals surface area contributed by atoms with Crippen LogP contribution in [0.4, 0.5) is 19.1 Å². The van der Waals surface area contributed by atoms with Crippen LogP contribution in [0.2, 0.25) is 5.02 Å². The van der Waals surface area contributed by atoms with Crippen LogP contribution in [0.15, 0.2) is 54.7 Å². The monoisotopic (exact) mass is 520 g/mol. The molecule has 3 aromatic rings. The molecule has 4 rings (SSSR count). The van der Waals surface area contributed by atoms with Crippen LogP contribution in [0.1, 0.15) is 37.5 Å². The van der Waals surface area contributed by atoms with Crippen molar-refractivity contribution in [2.45, 2.75) is 26.1 Å². The lowest BCUT2D eigenvalue weighted by Crippen LogP contribution is -2.37. The molecule has 0 aliphatic carbocycles. The molecule has 1 aromatic heterocycles. The second kappa shape index (κ2) is 11.2. The molecule has 188 valence electrons. The smallest absolute Gasteiger partial charge is 0.475 e. The number of carbonyl (C=O) groups excluding carboxylic acids is 2. The number of nitrogens with one attached hydrogen (secondary N) is 1. The number of carboxylic acid groups (broad SMARTS) is 1. The van der Waals surface area contributed by atoms with Gasteiger partial charge in [-0.3, -0.25) is 14.9 Å². The molecule has 0 atom stereocenters. The van der Waals surface area contributed by atoms with Gasteiger partial charge in [-0.05, 0) is 36.8 Å². The van der Waals surface area contributed by atoms with Crippen LogP contribution in [0, 0.1) is 6.92 Å². The molecular formula is C24H20ClF3N4O4. The van der Waals surface area contributed by atoms with E-state index in [-0.39, 0.29) is 17.8 Å². The van der Waals surface area contributed by atoms with Gasteiger partial charge >= 0.3 is 12.1 Å². The average Bonchev–Trinajstić information content (AvgIpc) is 2.83. The summed E-state index contributed by atoms with van der Waals surface area (Å²) in [5, 5.41) is 10.3. The van der Waals surface area contributed by atoms with E-state index in [1.165, 1.54) is 0 Å². The quantitative estimate of drug-likeness (QED) is 0.525. The number of hydrogen-bond acceptors (Lipinski definition) is 5. The van der Waals surface area contributed by atoms with Crippen LogP contribution in [0.5, 0.6) is 0 Å². The number of carboxylic acids is 1. The fourth-order valence-corrected chi connectivity index (χ4v) is 3.53. The van der Waals surface area contributed by atoms with E-state index in [0.717, 1.165) is 16.8 Å². The summed E-state index contributed by atoms with van der Waals surface area (Å²) >= 11 is 5.94. The highest BCUT2D eigenvalue weighted by Crippen LogP contribution is 2.21. The molecule has 0 fully saturated rings. The molecule has 2 amide bonds. The van der Waals surface area contributed by atoms with E-state index >= 15 is 0 Å². The molecule has 0 saturated carbocycles. The topological polar surface area (TPSA) is 112 Å². The molecule has 2 N–H and O–H groups in total. The van der Waals surface area contributed by atoms with E-state index in [4.69, 9.17) is 21.5 Å². The third-order valence-corrected chi connectivity index (χ3v) is 5.39. The first-order valence-corrected chi connectivity index (χ1v) is 10.9. The number of hydrogen-bond donors (Lipinski definition) is 2. The van der Waals surface area contributed by atoms with Crippen molar-refractivity contribution in [1.29, 1.82) is 0 Å². The van der Waals surface area contributed by atoms with Crippen LogP contribution in [0.3, 0.4) is 0 Å². The lowest BCUT2D eigenvalue weighted by Gasteiger charge is -2.28. The zero-order valence-electron chi connectivity index (χ0n) is 18.8. The van der Waals surface area contributed by atoms with Gasteiger partial charge in [-0.25, -0.2) is 14.8 Å². The minimum atomic E-state index is -5.08. The molecular weight excluding hydrogens is 501 g/mol. The molecule has 0 unspecified atom stereocenters. The molecule has 8 nitrogen and oxygen atoms in total. The number of alkyl halides is 3. The van der Waals surface area contributed by atoms with E-state index in [2.05, 4.69) is 15.3 Å². The maximum absolute atomic E-state index is 12.8. The Morgan fingerprint density at radius 3 is 2.44 bits per heavy atom. The van der Waals surface area contributed by atoms with Gasteiger partial charge in [0.2, 0.25) is 5.95 Å². The number of aryl methyl sites for hydroxylation is 1. The molecule has 0 saturated heterocycles. The van der Waals surface area contributed by atoms with Gasteiger partial charge in [0.1, 0.15) is 0 Å². The minimum Gasteiger partial charge on any atom is -0.475 e. The first-order valence-electron chi connectivity index (χ1n) is 10.5. The lowest BCUT2D eigenvalue weighted by molar-refractivity contribution is -0.192. The van der Waals surface area contributed by atoms with E-state index in [9.17, 15) is 22.8 Å². The summed E-state index contributed by atoms with van der Waals surface area (Å²) in [6.07, 6.45) is -2.80. The fraction of sp³-hybridized carbons (Fsp3) is 0.208. The Morgan fingerprint density at radius 2 is 1.81 bits per heavy atom. The maximum Gasteiger partial charge on any atom is 0.490 e. The van der Waals surface area contributed by atoms with Crippen molar-refractivity contribution < 1.29 is 32.7 Å². The highest BCUT2D eigenvalue weighted by molar-refractivity contribution is 6.31. The number of carbonyl (C=O) groups is 3. The number of nitrogens with zero attached hydrogens (tertiary/aromatic N) is 3. The SMILES string of the molecule is Cc1ccccc1C(=O)N1CCc2nc(NC(=O)c3cccc(Cl)c3)ncc2C1.O=C(O)C(F)(F)F. The van der Waals surface area contributed by atoms with E-state index in [1.54, 1.807) is 35.4 Å². The fourth-order valence-electron chi connectivity index (χ4n) is 3.34. The normalized spacial score (nSPS) is 12.6. The van der Waals surface area contributed by atoms with Gasteiger partial charge in [0.15, 0.2) is 0 Å². The van der Waals surface area contributed by atoms with Gasteiger partial charge in [0, 0.05) is 47.4 Å². The second-order valence-corrected chi connectivity index (χ2v) is 8.16. The van der Waals surface area contributed by atoms with E-state index in [1.807, 2.05) is 31.2 Å². The van der Waals surface area contributed by atoms with Crippen LogP contribution >= 0.6 is 11.6 Å². The van der Waals surface area contributed by atoms with Crippen LogP contribution in [-0.2, 0) is 17.8 Å². The number of rotatable bonds is 3. The van der Waals surface area contributed by atoms with Crippen LogP contribution < -0.4 is 5.32 Å². The van der Waals surface area contributed by atoms with Gasteiger partial charge in [0.25, 0.3) is 11.8 Å². The zero-order chi connectivity index (χ0) is 26.5. The summed E-state index contributed by atoms with van der Waals surface area (Å²) in [4.78, 5) is 44.6. The number of aromatic nitrogens is 2. The molecule has 0 bridgehead atoms. The number of halogens is 4. The minimum absolute atomic E-state index is 0.00656. The van der Waals surface area contributed by atoms with Crippen molar-refractivity contribution in [3.63, 3.8) is 0 Å². The third-order valence-electron chi connectivity index (χ3n) is 5.15. The molecule has 0 radical (unpaired) electrons. The van der Waals surface area contributed by atoms with Crippen LogP contribution in [0.25, 0.3) is 0 Å². The summed E-state index contributed by atoms with van der Waals surface area (Å²) in [5.41, 5.74) is 3.84. The summed E-state index contributed by atoms with van der Waals surface area (Å²) in [5.74, 6) is -2.83. The van der Waals surface area contributed by atoms with Gasteiger partial charge in [-0.1, -0.05) is 35.9 Å². The number of fused-ring (bicyclic) bond motifs is 1. The van der Waals surface area contributed by atoms with Gasteiger partial charge in [-0.2, -0.15) is 13.2 Å². The Hall–Kier alpha value is -3.99. The Morgan fingerprint density at radius 1 is 1.11 bits per heavy atom. The molecule has 2 heterocycles. The number of benzene rings is 2. The van der Waals surface area contributed by atoms with Crippen molar-refractivity contribution in [2.24, 2.45) is 0 Å². The predicted octanol–water partition coefficient (Wildman–Crippen LogP) is 4.52. The number of amides is 2. The molecule has 2 aromatic carbocycles. The highest BCUT2D eigenvalue weighted by Gasteiger charge is 2.38. The Bertz CT molecular complexity index is 1300. The highest BCUT2D eigenvalue weighted by atomic mass is 35.5. The van der Waals surface area contributed by atoms with Gasteiger partial charge in [-0.15, -0.1) is 0 Å². The van der Waals surface area contributed by atoms with E-state index < -0.39 is 12.1 Å². The Labute approximate surface area is 208 Å². The van der Waals surface area contributed by atoms with Crippen molar-refractivity contribution >= 4 is 35.3 Å². The lowest BCUT2D eigenvalue weighted by atomic mass is 10.0. The van der Waals surface area contributed by atoms with Crippen LogP contribution in [-0.4, -0.2) is 50.5 Å². The average molecular weight is 521 g/mol. The zero-order valence-corrected chi connectivity index (χ0v) is 19.6. The Balaban J connectivity index is 0.000000454. The molecule has 12 heteroatoms. The number of anilines is 1. The molecule has 1 aliphatic rings. The second-order valence-electron chi connectivity index (χ2n) is 7.72. The molecule has 1 aliphatic heterocycles. The number of aliphatic carboxylic acids is 1. The summed E-state index contributed by atoms with van der Waals surface area (Å²) in [7, 11) is 0. The van der Waals surface area contributed by atoms with Crippen molar-refractivity contribution in [2.75, 3.05) is 11.9 Å². The maximum atomic E-state index is 12.8. The van der Waals surface area contributed by atoms with E-state index in [0.29, 0.717) is 35.7 Å². The summed E-state index contributed by atoms with van der Waals surface area (Å²) in [6.45, 7) is 2.95. The summed E-state index contributed by atoms with van der Waals surface area (Å²) in [6, 6.07) is 14.3. The van der Waals surface area contributed by atoms with Gasteiger partial charge in [0.05, 0.1) is 5.69 Å². The predicted molar refractivity (Wildman–Crippen MR) is 125 cm³/mol. The third kappa shape index (κ3) is 6.79. The van der Waals surface area contributed by atoms with Crippen molar-refractivity contribution in [1.82, 2.24) is 14.9 Å². The first-order chi connectivity index (χ1) is 17.0. The standard InChI is InChI=1S/C22H19ClN4O2.C2HF3O2/c1-14-5-2-3-8-18(14)21(29)27-10-9-19-16(13-27)12-24-22(25-19)26-20(28)15-6-4-7-17(23)11-15;3-2(4,5)1(6)7/h2-8,11-12H,9-10,13H2,1H3,(H,24,25,26,28);(H,6,7). The molecule has 36 heavy (non-hydrogen) atoms. The Kier molecular flexibility index (Phi) is 8.25. The van der Waals surface area contributed by atoms with Crippen molar-refractivity contribution in [3.05, 3.63) is 87.7 Å². The first kappa shape index (κ1) is 26.6. The summed E-state index contributed by atoms with van der Waals surface area (Å²) < 4.78 is 31.7.